The molecule has 0 spiro atoms. The zero-order chi connectivity index (χ0) is 13.3. The highest BCUT2D eigenvalue weighted by Crippen LogP contribution is 2.32. The van der Waals surface area contributed by atoms with Crippen molar-refractivity contribution < 1.29 is 14.3 Å². The van der Waals surface area contributed by atoms with Gasteiger partial charge in [0.05, 0.1) is 0 Å². The van der Waals surface area contributed by atoms with Crippen LogP contribution in [0.2, 0.25) is 0 Å². The van der Waals surface area contributed by atoms with Crippen LogP contribution in [0.4, 0.5) is 5.69 Å². The van der Waals surface area contributed by atoms with Crippen molar-refractivity contribution in [3.05, 3.63) is 29.8 Å². The standard InChI is InChI=1S/C14H17NO3/c1-14(2,3)10-6-4-5-7-11(10)15-8-12(16)18-13(17)9-15/h4-7H,8-9H2,1-3H3. The molecule has 1 aliphatic rings. The minimum atomic E-state index is -0.491. The highest BCUT2D eigenvalue weighted by atomic mass is 16.6. The Hall–Kier alpha value is -1.84. The Labute approximate surface area is 107 Å². The van der Waals surface area contributed by atoms with Crippen LogP contribution in [0.25, 0.3) is 0 Å². The molecular weight excluding hydrogens is 230 g/mol. The molecule has 1 aromatic rings. The highest BCUT2D eigenvalue weighted by Gasteiger charge is 2.28. The van der Waals surface area contributed by atoms with Crippen LogP contribution in [0.3, 0.4) is 0 Å². The molecule has 0 saturated carbocycles. The van der Waals surface area contributed by atoms with Crippen LogP contribution in [-0.2, 0) is 19.7 Å². The highest BCUT2D eigenvalue weighted by molar-refractivity contribution is 5.94. The predicted molar refractivity (Wildman–Crippen MR) is 68.5 cm³/mol. The first-order valence-electron chi connectivity index (χ1n) is 5.96. The normalized spacial score (nSPS) is 16.7. The molecule has 0 bridgehead atoms. The molecule has 0 unspecified atom stereocenters. The van der Waals surface area contributed by atoms with Gasteiger partial charge in [-0.05, 0) is 17.0 Å². The maximum Gasteiger partial charge on any atom is 0.333 e. The van der Waals surface area contributed by atoms with Gasteiger partial charge in [-0.1, -0.05) is 39.0 Å². The SMILES string of the molecule is CC(C)(C)c1ccccc1N1CC(=O)OC(=O)C1. The Morgan fingerprint density at radius 2 is 1.61 bits per heavy atom. The molecule has 0 radical (unpaired) electrons. The van der Waals surface area contributed by atoms with E-state index >= 15 is 0 Å². The number of hydrogen-bond donors (Lipinski definition) is 0. The first-order chi connectivity index (χ1) is 8.38. The van der Waals surface area contributed by atoms with E-state index in [1.165, 1.54) is 0 Å². The van der Waals surface area contributed by atoms with Crippen LogP contribution in [0.5, 0.6) is 0 Å². The van der Waals surface area contributed by atoms with Crippen LogP contribution in [0.1, 0.15) is 26.3 Å². The molecule has 1 fully saturated rings. The summed E-state index contributed by atoms with van der Waals surface area (Å²) in [5, 5.41) is 0. The zero-order valence-corrected chi connectivity index (χ0v) is 10.9. The second-order valence-electron chi connectivity index (χ2n) is 5.47. The van der Waals surface area contributed by atoms with Gasteiger partial charge in [0, 0.05) is 5.69 Å². The van der Waals surface area contributed by atoms with Crippen LogP contribution < -0.4 is 4.90 Å². The summed E-state index contributed by atoms with van der Waals surface area (Å²) < 4.78 is 4.54. The van der Waals surface area contributed by atoms with Gasteiger partial charge in [-0.2, -0.15) is 0 Å². The number of anilines is 1. The van der Waals surface area contributed by atoms with Gasteiger partial charge in [0.25, 0.3) is 0 Å². The van der Waals surface area contributed by atoms with Gasteiger partial charge in [0.1, 0.15) is 13.1 Å². The van der Waals surface area contributed by atoms with Crippen LogP contribution in [-0.4, -0.2) is 25.0 Å². The van der Waals surface area contributed by atoms with E-state index in [9.17, 15) is 9.59 Å². The minimum Gasteiger partial charge on any atom is -0.390 e. The fraction of sp³-hybridized carbons (Fsp3) is 0.429. The van der Waals surface area contributed by atoms with Crippen LogP contribution >= 0.6 is 0 Å². The van der Waals surface area contributed by atoms with Gasteiger partial charge < -0.3 is 9.64 Å². The lowest BCUT2D eigenvalue weighted by atomic mass is 9.85. The van der Waals surface area contributed by atoms with E-state index in [0.717, 1.165) is 11.3 Å². The van der Waals surface area contributed by atoms with E-state index in [1.54, 1.807) is 4.90 Å². The average molecular weight is 247 g/mol. The lowest BCUT2D eigenvalue weighted by Crippen LogP contribution is -2.43. The summed E-state index contributed by atoms with van der Waals surface area (Å²) in [7, 11) is 0. The summed E-state index contributed by atoms with van der Waals surface area (Å²) in [5.41, 5.74) is 2.00. The molecule has 4 heteroatoms. The number of carbonyl (C=O) groups is 2. The maximum absolute atomic E-state index is 11.3. The van der Waals surface area contributed by atoms with Gasteiger partial charge >= 0.3 is 11.9 Å². The van der Waals surface area contributed by atoms with E-state index in [-0.39, 0.29) is 18.5 Å². The van der Waals surface area contributed by atoms with Gasteiger partial charge in [-0.25, -0.2) is 9.59 Å². The van der Waals surface area contributed by atoms with E-state index in [4.69, 9.17) is 0 Å². The summed E-state index contributed by atoms with van der Waals surface area (Å²) in [4.78, 5) is 24.4. The number of benzene rings is 1. The van der Waals surface area contributed by atoms with Crippen molar-refractivity contribution in [1.29, 1.82) is 0 Å². The Morgan fingerprint density at radius 1 is 1.06 bits per heavy atom. The molecule has 1 heterocycles. The second kappa shape index (κ2) is 4.44. The number of cyclic esters (lactones) is 2. The van der Waals surface area contributed by atoms with E-state index in [2.05, 4.69) is 25.5 Å². The smallest absolute Gasteiger partial charge is 0.333 e. The first-order valence-corrected chi connectivity index (χ1v) is 5.96. The molecule has 1 aromatic carbocycles. The maximum atomic E-state index is 11.3. The average Bonchev–Trinajstić information content (AvgIpc) is 2.26. The number of ether oxygens (including phenoxy) is 1. The van der Waals surface area contributed by atoms with E-state index < -0.39 is 11.9 Å². The Balaban J connectivity index is 2.39. The molecule has 96 valence electrons. The van der Waals surface area contributed by atoms with Crippen molar-refractivity contribution in [3.63, 3.8) is 0 Å². The number of carbonyl (C=O) groups excluding carboxylic acids is 2. The molecule has 4 nitrogen and oxygen atoms in total. The second-order valence-corrected chi connectivity index (χ2v) is 5.47. The number of rotatable bonds is 1. The summed E-state index contributed by atoms with van der Waals surface area (Å²) in [6, 6.07) is 7.84. The lowest BCUT2D eigenvalue weighted by Gasteiger charge is -2.32. The Kier molecular flexibility index (Phi) is 3.11. The van der Waals surface area contributed by atoms with Crippen molar-refractivity contribution in [1.82, 2.24) is 0 Å². The Bertz CT molecular complexity index is 472. The molecule has 0 N–H and O–H groups in total. The lowest BCUT2D eigenvalue weighted by molar-refractivity contribution is -0.160. The van der Waals surface area contributed by atoms with Crippen molar-refractivity contribution in [3.8, 4) is 0 Å². The minimum absolute atomic E-state index is 0.0407. The topological polar surface area (TPSA) is 46.6 Å². The van der Waals surface area contributed by atoms with Crippen molar-refractivity contribution in [2.75, 3.05) is 18.0 Å². The monoisotopic (exact) mass is 247 g/mol. The number of morpholine rings is 1. The summed E-state index contributed by atoms with van der Waals surface area (Å²) >= 11 is 0. The van der Waals surface area contributed by atoms with Gasteiger partial charge in [-0.3, -0.25) is 0 Å². The fourth-order valence-electron chi connectivity index (χ4n) is 2.11. The van der Waals surface area contributed by atoms with Gasteiger partial charge in [-0.15, -0.1) is 0 Å². The summed E-state index contributed by atoms with van der Waals surface area (Å²) in [5.74, 6) is -0.982. The summed E-state index contributed by atoms with van der Waals surface area (Å²) in [6.07, 6.45) is 0. The van der Waals surface area contributed by atoms with Crippen LogP contribution in [0.15, 0.2) is 24.3 Å². The molecular formula is C14H17NO3. The van der Waals surface area contributed by atoms with Gasteiger partial charge in [0.15, 0.2) is 0 Å². The molecule has 2 rings (SSSR count). The van der Waals surface area contributed by atoms with Crippen LogP contribution in [0, 0.1) is 0 Å². The third-order valence-electron chi connectivity index (χ3n) is 2.92. The van der Waals surface area contributed by atoms with Crippen molar-refractivity contribution >= 4 is 17.6 Å². The number of esters is 2. The molecule has 1 aliphatic heterocycles. The molecule has 1 saturated heterocycles. The predicted octanol–water partition coefficient (Wildman–Crippen LogP) is 1.87. The number of para-hydroxylation sites is 1. The zero-order valence-electron chi connectivity index (χ0n) is 10.9. The van der Waals surface area contributed by atoms with Crippen molar-refractivity contribution in [2.24, 2.45) is 0 Å². The molecule has 0 atom stereocenters. The first kappa shape index (κ1) is 12.6. The largest absolute Gasteiger partial charge is 0.390 e. The third-order valence-corrected chi connectivity index (χ3v) is 2.92. The Morgan fingerprint density at radius 3 is 2.17 bits per heavy atom. The molecule has 0 aromatic heterocycles. The fourth-order valence-corrected chi connectivity index (χ4v) is 2.11. The quantitative estimate of drug-likeness (QED) is 0.561. The van der Waals surface area contributed by atoms with E-state index in [0.29, 0.717) is 0 Å². The van der Waals surface area contributed by atoms with E-state index in [1.807, 2.05) is 24.3 Å². The number of hydrogen-bond acceptors (Lipinski definition) is 4. The van der Waals surface area contributed by atoms with Crippen molar-refractivity contribution in [2.45, 2.75) is 26.2 Å². The third kappa shape index (κ3) is 2.53. The van der Waals surface area contributed by atoms with Gasteiger partial charge in [0.2, 0.25) is 0 Å². The molecule has 0 amide bonds. The molecule has 18 heavy (non-hydrogen) atoms. The summed E-state index contributed by atoms with van der Waals surface area (Å²) in [6.45, 7) is 6.57. The number of nitrogens with zero attached hydrogens (tertiary/aromatic N) is 1. The molecule has 0 aliphatic carbocycles.